The molecule has 4 nitrogen and oxygen atoms in total. The maximum atomic E-state index is 11.6. The third kappa shape index (κ3) is 2.38. The van der Waals surface area contributed by atoms with Gasteiger partial charge in [0.15, 0.2) is 0 Å². The van der Waals surface area contributed by atoms with Crippen molar-refractivity contribution >= 4 is 18.3 Å². The zero-order valence-electron chi connectivity index (χ0n) is 8.32. The molecular formula is C9H18ClN3O. The average molecular weight is 220 g/mol. The maximum absolute atomic E-state index is 11.6. The van der Waals surface area contributed by atoms with E-state index in [2.05, 4.69) is 17.6 Å². The summed E-state index contributed by atoms with van der Waals surface area (Å²) >= 11 is 0. The second-order valence-corrected chi connectivity index (χ2v) is 4.26. The molecule has 2 unspecified atom stereocenters. The van der Waals surface area contributed by atoms with Crippen LogP contribution in [0.15, 0.2) is 0 Å². The van der Waals surface area contributed by atoms with Gasteiger partial charge in [0, 0.05) is 18.6 Å². The smallest absolute Gasteiger partial charge is 0.224 e. The number of nitrogens with one attached hydrogen (secondary N) is 2. The van der Waals surface area contributed by atoms with E-state index in [0.29, 0.717) is 5.92 Å². The highest BCUT2D eigenvalue weighted by atomic mass is 35.5. The number of amides is 1. The van der Waals surface area contributed by atoms with Gasteiger partial charge in [0.25, 0.3) is 0 Å². The van der Waals surface area contributed by atoms with Gasteiger partial charge in [-0.1, -0.05) is 6.92 Å². The summed E-state index contributed by atoms with van der Waals surface area (Å²) < 4.78 is 0. The first-order valence-electron chi connectivity index (χ1n) is 4.95. The second kappa shape index (κ2) is 4.47. The van der Waals surface area contributed by atoms with E-state index in [1.807, 2.05) is 0 Å². The summed E-state index contributed by atoms with van der Waals surface area (Å²) in [6, 6.07) is 0.453. The highest BCUT2D eigenvalue weighted by Gasteiger charge is 2.38. The van der Waals surface area contributed by atoms with E-state index in [0.717, 1.165) is 19.5 Å². The molecule has 14 heavy (non-hydrogen) atoms. The molecule has 0 spiro atoms. The van der Waals surface area contributed by atoms with Crippen molar-refractivity contribution in [3.05, 3.63) is 0 Å². The van der Waals surface area contributed by atoms with Gasteiger partial charge in [-0.15, -0.1) is 12.4 Å². The molecule has 5 heteroatoms. The SMILES string of the molecule is C[C@@H]1CNC[C@H]1C(=O)NC1CC1N.Cl. The third-order valence-electron chi connectivity index (χ3n) is 3.02. The van der Waals surface area contributed by atoms with Crippen LogP contribution in [-0.2, 0) is 4.79 Å². The van der Waals surface area contributed by atoms with Gasteiger partial charge in [0.05, 0.1) is 5.92 Å². The topological polar surface area (TPSA) is 67.2 Å². The summed E-state index contributed by atoms with van der Waals surface area (Å²) in [5.74, 6) is 0.776. The van der Waals surface area contributed by atoms with Crippen molar-refractivity contribution in [2.75, 3.05) is 13.1 Å². The molecule has 0 aromatic rings. The third-order valence-corrected chi connectivity index (χ3v) is 3.02. The Morgan fingerprint density at radius 1 is 1.50 bits per heavy atom. The highest BCUT2D eigenvalue weighted by Crippen LogP contribution is 2.21. The standard InChI is InChI=1S/C9H17N3O.ClH/c1-5-3-11-4-6(5)9(13)12-8-2-7(8)10;/h5-8,11H,2-4,10H2,1H3,(H,12,13);1H/t5-,6-,7?,8?;/m1./s1. The van der Waals surface area contributed by atoms with Crippen LogP contribution in [-0.4, -0.2) is 31.1 Å². The Kier molecular flexibility index (Phi) is 3.75. The molecule has 0 bridgehead atoms. The van der Waals surface area contributed by atoms with E-state index in [1.165, 1.54) is 0 Å². The first-order valence-corrected chi connectivity index (χ1v) is 4.95. The lowest BCUT2D eigenvalue weighted by Gasteiger charge is -2.13. The fourth-order valence-corrected chi connectivity index (χ4v) is 1.83. The summed E-state index contributed by atoms with van der Waals surface area (Å²) in [6.07, 6.45) is 0.945. The summed E-state index contributed by atoms with van der Waals surface area (Å²) in [6.45, 7) is 3.88. The van der Waals surface area contributed by atoms with Crippen LogP contribution in [0.25, 0.3) is 0 Å². The van der Waals surface area contributed by atoms with Gasteiger partial charge in [-0.2, -0.15) is 0 Å². The summed E-state index contributed by atoms with van der Waals surface area (Å²) in [4.78, 5) is 11.6. The van der Waals surface area contributed by atoms with Crippen LogP contribution in [0.4, 0.5) is 0 Å². The van der Waals surface area contributed by atoms with Crippen LogP contribution in [0.3, 0.4) is 0 Å². The van der Waals surface area contributed by atoms with Crippen LogP contribution >= 0.6 is 12.4 Å². The van der Waals surface area contributed by atoms with Crippen LogP contribution in [0, 0.1) is 11.8 Å². The maximum Gasteiger partial charge on any atom is 0.224 e. The lowest BCUT2D eigenvalue weighted by atomic mass is 9.97. The number of carbonyl (C=O) groups excluding carboxylic acids is 1. The van der Waals surface area contributed by atoms with Crippen molar-refractivity contribution in [3.63, 3.8) is 0 Å². The van der Waals surface area contributed by atoms with Crippen LogP contribution in [0.1, 0.15) is 13.3 Å². The van der Waals surface area contributed by atoms with E-state index in [4.69, 9.17) is 5.73 Å². The second-order valence-electron chi connectivity index (χ2n) is 4.26. The van der Waals surface area contributed by atoms with Gasteiger partial charge in [-0.25, -0.2) is 0 Å². The molecule has 1 heterocycles. The monoisotopic (exact) mass is 219 g/mol. The number of hydrogen-bond acceptors (Lipinski definition) is 3. The van der Waals surface area contributed by atoms with E-state index < -0.39 is 0 Å². The van der Waals surface area contributed by atoms with Crippen LogP contribution in [0.2, 0.25) is 0 Å². The Bertz CT molecular complexity index is 224. The molecule has 1 aliphatic carbocycles. The zero-order valence-corrected chi connectivity index (χ0v) is 9.14. The normalized spacial score (nSPS) is 40.1. The molecule has 1 amide bonds. The van der Waals surface area contributed by atoms with Crippen molar-refractivity contribution in [2.24, 2.45) is 17.6 Å². The Morgan fingerprint density at radius 2 is 2.14 bits per heavy atom. The molecular weight excluding hydrogens is 202 g/mol. The van der Waals surface area contributed by atoms with Crippen molar-refractivity contribution in [1.82, 2.24) is 10.6 Å². The Labute approximate surface area is 90.4 Å². The van der Waals surface area contributed by atoms with Gasteiger partial charge in [-0.05, 0) is 18.9 Å². The van der Waals surface area contributed by atoms with Gasteiger partial charge in [-0.3, -0.25) is 4.79 Å². The van der Waals surface area contributed by atoms with Crippen molar-refractivity contribution in [2.45, 2.75) is 25.4 Å². The minimum atomic E-state index is 0. The Hall–Kier alpha value is -0.320. The number of nitrogens with two attached hydrogens (primary N) is 1. The molecule has 1 saturated carbocycles. The molecule has 82 valence electrons. The largest absolute Gasteiger partial charge is 0.351 e. The predicted molar refractivity (Wildman–Crippen MR) is 57.3 cm³/mol. The van der Waals surface area contributed by atoms with Crippen LogP contribution < -0.4 is 16.4 Å². The van der Waals surface area contributed by atoms with Gasteiger partial charge < -0.3 is 16.4 Å². The summed E-state index contributed by atoms with van der Waals surface area (Å²) in [5.41, 5.74) is 5.62. The molecule has 1 saturated heterocycles. The van der Waals surface area contributed by atoms with Gasteiger partial charge in [0.2, 0.25) is 5.91 Å². The van der Waals surface area contributed by atoms with Crippen molar-refractivity contribution in [1.29, 1.82) is 0 Å². The summed E-state index contributed by atoms with van der Waals surface area (Å²) in [5, 5.41) is 6.19. The Morgan fingerprint density at radius 3 is 2.57 bits per heavy atom. The van der Waals surface area contributed by atoms with E-state index in [9.17, 15) is 4.79 Å². The van der Waals surface area contributed by atoms with E-state index >= 15 is 0 Å². The first-order chi connectivity index (χ1) is 6.18. The molecule has 4 atom stereocenters. The first kappa shape index (κ1) is 11.8. The molecule has 2 rings (SSSR count). The fourth-order valence-electron chi connectivity index (χ4n) is 1.83. The lowest BCUT2D eigenvalue weighted by molar-refractivity contribution is -0.125. The number of carbonyl (C=O) groups is 1. The molecule has 0 aromatic carbocycles. The number of hydrogen-bond donors (Lipinski definition) is 3. The minimum Gasteiger partial charge on any atom is -0.351 e. The van der Waals surface area contributed by atoms with E-state index in [-0.39, 0.29) is 36.3 Å². The van der Waals surface area contributed by atoms with Gasteiger partial charge >= 0.3 is 0 Å². The molecule has 2 fully saturated rings. The quantitative estimate of drug-likeness (QED) is 0.586. The predicted octanol–water partition coefficient (Wildman–Crippen LogP) is -0.520. The van der Waals surface area contributed by atoms with Gasteiger partial charge in [0.1, 0.15) is 0 Å². The number of halogens is 1. The van der Waals surface area contributed by atoms with E-state index in [1.54, 1.807) is 0 Å². The summed E-state index contributed by atoms with van der Waals surface area (Å²) in [7, 11) is 0. The molecule has 1 aliphatic heterocycles. The number of rotatable bonds is 2. The Balaban J connectivity index is 0.000000980. The molecule has 4 N–H and O–H groups in total. The molecule has 0 aromatic heterocycles. The van der Waals surface area contributed by atoms with Crippen LogP contribution in [0.5, 0.6) is 0 Å². The van der Waals surface area contributed by atoms with Crippen molar-refractivity contribution in [3.8, 4) is 0 Å². The van der Waals surface area contributed by atoms with Crippen molar-refractivity contribution < 1.29 is 4.79 Å². The lowest BCUT2D eigenvalue weighted by Crippen LogP contribution is -2.37. The fraction of sp³-hybridized carbons (Fsp3) is 0.889. The average Bonchev–Trinajstić information content (AvgIpc) is 2.62. The molecule has 2 aliphatic rings. The molecule has 0 radical (unpaired) electrons. The zero-order chi connectivity index (χ0) is 9.42. The highest BCUT2D eigenvalue weighted by molar-refractivity contribution is 5.85. The minimum absolute atomic E-state index is 0.